The minimum absolute atomic E-state index is 0.255. The van der Waals surface area contributed by atoms with E-state index in [-0.39, 0.29) is 11.9 Å². The summed E-state index contributed by atoms with van der Waals surface area (Å²) in [6.45, 7) is 4.90. The second-order valence-corrected chi connectivity index (χ2v) is 6.74. The van der Waals surface area contributed by atoms with Crippen LogP contribution in [-0.4, -0.2) is 16.1 Å². The molecule has 0 saturated heterocycles. The van der Waals surface area contributed by atoms with Crippen LogP contribution < -0.4 is 11.4 Å². The summed E-state index contributed by atoms with van der Waals surface area (Å²) in [5.41, 5.74) is -1.02. The van der Waals surface area contributed by atoms with Crippen molar-refractivity contribution in [2.45, 2.75) is 32.9 Å². The SMILES string of the molecule is CC(C)(C)OC(=O)Cn1c(=O)oc(=O)c2cc(I)ccc21. The first kappa shape index (κ1) is 15.7. The van der Waals surface area contributed by atoms with Crippen LogP contribution in [-0.2, 0) is 16.1 Å². The second kappa shape index (κ2) is 5.63. The molecular weight excluding hydrogens is 389 g/mol. The Balaban J connectivity index is 2.52. The highest BCUT2D eigenvalue weighted by Crippen LogP contribution is 2.14. The van der Waals surface area contributed by atoms with Crippen LogP contribution in [0.4, 0.5) is 0 Å². The first-order valence-electron chi connectivity index (χ1n) is 6.22. The van der Waals surface area contributed by atoms with E-state index >= 15 is 0 Å². The predicted octanol–water partition coefficient (Wildman–Crippen LogP) is 1.90. The number of esters is 1. The largest absolute Gasteiger partial charge is 0.459 e. The lowest BCUT2D eigenvalue weighted by Crippen LogP contribution is -2.32. The Kier molecular flexibility index (Phi) is 4.22. The van der Waals surface area contributed by atoms with Gasteiger partial charge in [-0.2, -0.15) is 0 Å². The maximum absolute atomic E-state index is 11.9. The van der Waals surface area contributed by atoms with E-state index in [0.29, 0.717) is 5.52 Å². The van der Waals surface area contributed by atoms with Crippen LogP contribution in [0.25, 0.3) is 10.9 Å². The monoisotopic (exact) mass is 403 g/mol. The number of ether oxygens (including phenoxy) is 1. The molecule has 0 saturated carbocycles. The minimum Gasteiger partial charge on any atom is -0.459 e. The summed E-state index contributed by atoms with van der Waals surface area (Å²) >= 11 is 2.05. The van der Waals surface area contributed by atoms with Crippen molar-refractivity contribution in [1.82, 2.24) is 4.57 Å². The number of rotatable bonds is 2. The molecule has 0 radical (unpaired) electrons. The van der Waals surface area contributed by atoms with Gasteiger partial charge >= 0.3 is 17.4 Å². The molecule has 0 spiro atoms. The number of fused-ring (bicyclic) bond motifs is 1. The van der Waals surface area contributed by atoms with Crippen molar-refractivity contribution in [1.29, 1.82) is 0 Å². The second-order valence-electron chi connectivity index (χ2n) is 5.49. The van der Waals surface area contributed by atoms with Gasteiger partial charge in [-0.05, 0) is 61.6 Å². The molecule has 6 nitrogen and oxygen atoms in total. The molecule has 0 unspecified atom stereocenters. The Labute approximate surface area is 133 Å². The zero-order chi connectivity index (χ0) is 15.8. The van der Waals surface area contributed by atoms with Gasteiger partial charge in [-0.15, -0.1) is 0 Å². The number of benzene rings is 1. The summed E-state index contributed by atoms with van der Waals surface area (Å²) in [7, 11) is 0. The fourth-order valence-electron chi connectivity index (χ4n) is 1.85. The van der Waals surface area contributed by atoms with Gasteiger partial charge in [-0.25, -0.2) is 9.59 Å². The molecule has 2 aromatic rings. The number of carbonyl (C=O) groups is 1. The van der Waals surface area contributed by atoms with Gasteiger partial charge < -0.3 is 9.15 Å². The average molecular weight is 403 g/mol. The summed E-state index contributed by atoms with van der Waals surface area (Å²) in [5.74, 6) is -1.45. The Bertz CT molecular complexity index is 813. The van der Waals surface area contributed by atoms with Gasteiger partial charge in [-0.1, -0.05) is 0 Å². The molecule has 0 aliphatic heterocycles. The maximum Gasteiger partial charge on any atom is 0.422 e. The predicted molar refractivity (Wildman–Crippen MR) is 85.3 cm³/mol. The third kappa shape index (κ3) is 3.72. The molecule has 1 heterocycles. The van der Waals surface area contributed by atoms with E-state index in [2.05, 4.69) is 4.42 Å². The molecule has 0 amide bonds. The lowest BCUT2D eigenvalue weighted by atomic mass is 10.2. The third-order valence-corrected chi connectivity index (χ3v) is 3.25. The summed E-state index contributed by atoms with van der Waals surface area (Å²) < 4.78 is 11.8. The van der Waals surface area contributed by atoms with E-state index < -0.39 is 23.0 Å². The first-order chi connectivity index (χ1) is 9.67. The van der Waals surface area contributed by atoms with Crippen LogP contribution in [0, 0.1) is 3.57 Å². The van der Waals surface area contributed by atoms with Crippen molar-refractivity contribution in [3.8, 4) is 0 Å². The van der Waals surface area contributed by atoms with E-state index in [1.807, 2.05) is 22.6 Å². The van der Waals surface area contributed by atoms with Crippen LogP contribution in [0.2, 0.25) is 0 Å². The van der Waals surface area contributed by atoms with Crippen LogP contribution in [0.3, 0.4) is 0 Å². The van der Waals surface area contributed by atoms with E-state index in [1.54, 1.807) is 39.0 Å². The lowest BCUT2D eigenvalue weighted by Gasteiger charge is -2.19. The lowest BCUT2D eigenvalue weighted by molar-refractivity contribution is -0.155. The minimum atomic E-state index is -0.875. The first-order valence-corrected chi connectivity index (χ1v) is 7.30. The summed E-state index contributed by atoms with van der Waals surface area (Å²) in [6.07, 6.45) is 0. The Morgan fingerprint density at radius 3 is 2.62 bits per heavy atom. The zero-order valence-electron chi connectivity index (χ0n) is 11.8. The van der Waals surface area contributed by atoms with Gasteiger partial charge in [0, 0.05) is 3.57 Å². The van der Waals surface area contributed by atoms with Crippen LogP contribution in [0.5, 0.6) is 0 Å². The molecule has 1 aromatic heterocycles. The molecule has 2 rings (SSSR count). The van der Waals surface area contributed by atoms with Crippen molar-refractivity contribution >= 4 is 39.5 Å². The highest BCUT2D eigenvalue weighted by Gasteiger charge is 2.19. The summed E-state index contributed by atoms with van der Waals surface area (Å²) in [4.78, 5) is 35.4. The fourth-order valence-corrected chi connectivity index (χ4v) is 2.34. The number of hydrogen-bond acceptors (Lipinski definition) is 5. The standard InChI is InChI=1S/C14H14INO5/c1-14(2,3)21-11(17)7-16-10-5-4-8(15)6-9(10)12(18)20-13(16)19/h4-6H,7H2,1-3H3. The van der Waals surface area contributed by atoms with Crippen LogP contribution in [0.1, 0.15) is 20.8 Å². The number of halogens is 1. The number of hydrogen-bond donors (Lipinski definition) is 0. The highest BCUT2D eigenvalue weighted by atomic mass is 127. The third-order valence-electron chi connectivity index (χ3n) is 2.58. The zero-order valence-corrected chi connectivity index (χ0v) is 14.0. The van der Waals surface area contributed by atoms with Crippen molar-refractivity contribution in [3.63, 3.8) is 0 Å². The Morgan fingerprint density at radius 1 is 1.33 bits per heavy atom. The number of nitrogens with zero attached hydrogens (tertiary/aromatic N) is 1. The molecule has 7 heteroatoms. The van der Waals surface area contributed by atoms with Crippen molar-refractivity contribution in [3.05, 3.63) is 42.7 Å². The van der Waals surface area contributed by atoms with Crippen molar-refractivity contribution in [2.24, 2.45) is 0 Å². The molecule has 0 aliphatic rings. The Hall–Kier alpha value is -1.64. The molecule has 21 heavy (non-hydrogen) atoms. The van der Waals surface area contributed by atoms with Gasteiger partial charge in [0.1, 0.15) is 12.1 Å². The van der Waals surface area contributed by atoms with Gasteiger partial charge in [0.25, 0.3) is 0 Å². The fraction of sp³-hybridized carbons (Fsp3) is 0.357. The molecule has 0 aliphatic carbocycles. The van der Waals surface area contributed by atoms with Crippen molar-refractivity contribution in [2.75, 3.05) is 0 Å². The molecule has 0 atom stereocenters. The maximum atomic E-state index is 11.9. The molecule has 0 fully saturated rings. The van der Waals surface area contributed by atoms with Gasteiger partial charge in [0.05, 0.1) is 10.9 Å². The van der Waals surface area contributed by atoms with Gasteiger partial charge in [0.2, 0.25) is 0 Å². The highest BCUT2D eigenvalue weighted by molar-refractivity contribution is 14.1. The van der Waals surface area contributed by atoms with Gasteiger partial charge in [0.15, 0.2) is 0 Å². The van der Waals surface area contributed by atoms with E-state index in [4.69, 9.17) is 4.74 Å². The summed E-state index contributed by atoms with van der Waals surface area (Å²) in [6, 6.07) is 4.96. The molecule has 0 N–H and O–H groups in total. The van der Waals surface area contributed by atoms with E-state index in [9.17, 15) is 14.4 Å². The molecule has 1 aromatic carbocycles. The molecule has 0 bridgehead atoms. The normalized spacial score (nSPS) is 11.6. The van der Waals surface area contributed by atoms with Crippen LogP contribution >= 0.6 is 22.6 Å². The van der Waals surface area contributed by atoms with Crippen LogP contribution in [0.15, 0.2) is 32.2 Å². The topological polar surface area (TPSA) is 78.5 Å². The Morgan fingerprint density at radius 2 is 2.00 bits per heavy atom. The van der Waals surface area contributed by atoms with Crippen molar-refractivity contribution < 1.29 is 13.9 Å². The van der Waals surface area contributed by atoms with Gasteiger partial charge in [-0.3, -0.25) is 9.36 Å². The quantitative estimate of drug-likeness (QED) is 0.566. The average Bonchev–Trinajstić information content (AvgIpc) is 2.32. The van der Waals surface area contributed by atoms with E-state index in [1.165, 1.54) is 0 Å². The van der Waals surface area contributed by atoms with E-state index in [0.717, 1.165) is 8.14 Å². The number of aromatic nitrogens is 1. The molecular formula is C14H14INO5. The smallest absolute Gasteiger partial charge is 0.422 e. The molecule has 112 valence electrons. The summed E-state index contributed by atoms with van der Waals surface area (Å²) in [5, 5.41) is 0.255. The number of carbonyl (C=O) groups excluding carboxylic acids is 1.